The maximum atomic E-state index is 13.4. The smallest absolute Gasteiger partial charge is 0.416 e. The number of alkyl halides is 3. The molecule has 1 atom stereocenters. The van der Waals surface area contributed by atoms with Crippen LogP contribution in [0.5, 0.6) is 5.75 Å². The highest BCUT2D eigenvalue weighted by Gasteiger charge is 2.38. The second-order valence-electron chi connectivity index (χ2n) is 5.52. The number of allylic oxidation sites excluding steroid dienone is 1. The van der Waals surface area contributed by atoms with Crippen LogP contribution in [0.1, 0.15) is 30.0 Å². The number of nitrogens with one attached hydrogen (secondary N) is 1. The molecule has 1 aromatic rings. The van der Waals surface area contributed by atoms with Gasteiger partial charge in [0.1, 0.15) is 5.75 Å². The van der Waals surface area contributed by atoms with E-state index in [9.17, 15) is 18.3 Å². The lowest BCUT2D eigenvalue weighted by molar-refractivity contribution is -0.139. The molecule has 0 bridgehead atoms. The van der Waals surface area contributed by atoms with Crippen LogP contribution < -0.4 is 5.32 Å². The Morgan fingerprint density at radius 3 is 2.57 bits per heavy atom. The highest BCUT2D eigenvalue weighted by Crippen LogP contribution is 2.45. The fraction of sp³-hybridized carbons (Fsp3) is 0.500. The first-order valence-corrected chi connectivity index (χ1v) is 8.29. The first-order valence-electron chi connectivity index (χ1n) is 7.50. The molecule has 0 aliphatic carbocycles. The van der Waals surface area contributed by atoms with Gasteiger partial charge in [-0.3, -0.25) is 4.90 Å². The molecule has 2 rings (SSSR count). The van der Waals surface area contributed by atoms with Gasteiger partial charge in [-0.2, -0.15) is 13.2 Å². The van der Waals surface area contributed by atoms with Crippen LogP contribution >= 0.6 is 15.9 Å². The van der Waals surface area contributed by atoms with Crippen LogP contribution in [0.3, 0.4) is 0 Å². The number of rotatable bonds is 5. The zero-order valence-corrected chi connectivity index (χ0v) is 14.3. The van der Waals surface area contributed by atoms with E-state index in [1.165, 1.54) is 6.07 Å². The zero-order valence-electron chi connectivity index (χ0n) is 12.7. The van der Waals surface area contributed by atoms with Gasteiger partial charge < -0.3 is 10.4 Å². The lowest BCUT2D eigenvalue weighted by atomic mass is 9.93. The fourth-order valence-electron chi connectivity index (χ4n) is 2.94. The maximum absolute atomic E-state index is 13.4. The minimum Gasteiger partial charge on any atom is -0.506 e. The monoisotopic (exact) mass is 392 g/mol. The first-order chi connectivity index (χ1) is 10.9. The summed E-state index contributed by atoms with van der Waals surface area (Å²) in [5, 5.41) is 13.5. The number of hydrogen-bond acceptors (Lipinski definition) is 3. The number of phenols is 1. The van der Waals surface area contributed by atoms with E-state index in [1.54, 1.807) is 6.08 Å². The molecule has 1 fully saturated rings. The minimum absolute atomic E-state index is 0.0457. The molecule has 1 heterocycles. The van der Waals surface area contributed by atoms with Gasteiger partial charge in [0.2, 0.25) is 0 Å². The Labute approximate surface area is 142 Å². The first kappa shape index (κ1) is 18.3. The lowest BCUT2D eigenvalue weighted by Crippen LogP contribution is -2.45. The number of nitrogens with zero attached hydrogens (tertiary/aromatic N) is 1. The van der Waals surface area contributed by atoms with Crippen molar-refractivity contribution in [2.75, 3.05) is 26.2 Å². The molecule has 1 aromatic carbocycles. The van der Waals surface area contributed by atoms with E-state index in [-0.39, 0.29) is 15.8 Å². The third-order valence-corrected chi connectivity index (χ3v) is 4.68. The van der Waals surface area contributed by atoms with Gasteiger partial charge in [-0.05, 0) is 40.9 Å². The van der Waals surface area contributed by atoms with Crippen LogP contribution in [0.15, 0.2) is 29.3 Å². The molecule has 0 unspecified atom stereocenters. The second kappa shape index (κ2) is 7.68. The summed E-state index contributed by atoms with van der Waals surface area (Å²) in [7, 11) is 0. The quantitative estimate of drug-likeness (QED) is 0.740. The Hall–Kier alpha value is -1.05. The molecular weight excluding hydrogens is 373 g/mol. The Morgan fingerprint density at radius 1 is 1.35 bits per heavy atom. The molecular formula is C16H20BrF3N2O. The van der Waals surface area contributed by atoms with Crippen LogP contribution in [0.4, 0.5) is 13.2 Å². The second-order valence-corrected chi connectivity index (χ2v) is 6.38. The van der Waals surface area contributed by atoms with Crippen molar-refractivity contribution in [1.29, 1.82) is 0 Å². The Kier molecular flexibility index (Phi) is 6.11. The Morgan fingerprint density at radius 2 is 2.00 bits per heavy atom. The molecule has 2 N–H and O–H groups in total. The Bertz CT molecular complexity index is 557. The molecule has 128 valence electrons. The fourth-order valence-corrected chi connectivity index (χ4v) is 3.29. The summed E-state index contributed by atoms with van der Waals surface area (Å²) in [6.45, 7) is 6.39. The van der Waals surface area contributed by atoms with E-state index in [0.29, 0.717) is 25.9 Å². The predicted octanol–water partition coefficient (Wildman–Crippen LogP) is 4.09. The van der Waals surface area contributed by atoms with Crippen molar-refractivity contribution in [2.24, 2.45) is 0 Å². The molecule has 0 spiro atoms. The van der Waals surface area contributed by atoms with E-state index in [2.05, 4.69) is 27.8 Å². The summed E-state index contributed by atoms with van der Waals surface area (Å²) < 4.78 is 40.6. The molecule has 0 aromatic heterocycles. The van der Waals surface area contributed by atoms with Crippen LogP contribution in [0, 0.1) is 0 Å². The molecule has 0 amide bonds. The molecule has 23 heavy (non-hydrogen) atoms. The molecule has 3 nitrogen and oxygen atoms in total. The normalized spacial score (nSPS) is 17.9. The predicted molar refractivity (Wildman–Crippen MR) is 87.4 cm³/mol. The van der Waals surface area contributed by atoms with Crippen LogP contribution in [-0.2, 0) is 6.18 Å². The van der Waals surface area contributed by atoms with Crippen LogP contribution in [0.2, 0.25) is 0 Å². The maximum Gasteiger partial charge on any atom is 0.416 e. The highest BCUT2D eigenvalue weighted by atomic mass is 79.9. The topological polar surface area (TPSA) is 35.5 Å². The molecule has 1 aliphatic rings. The summed E-state index contributed by atoms with van der Waals surface area (Å²) in [6, 6.07) is 1.77. The number of hydrogen-bond donors (Lipinski definition) is 2. The van der Waals surface area contributed by atoms with Gasteiger partial charge in [0.15, 0.2) is 0 Å². The van der Waals surface area contributed by atoms with Crippen LogP contribution in [0.25, 0.3) is 0 Å². The van der Waals surface area contributed by atoms with Crippen molar-refractivity contribution in [2.45, 2.75) is 25.1 Å². The minimum atomic E-state index is -4.51. The van der Waals surface area contributed by atoms with E-state index in [4.69, 9.17) is 0 Å². The van der Waals surface area contributed by atoms with Crippen LogP contribution in [-0.4, -0.2) is 36.2 Å². The summed E-state index contributed by atoms with van der Waals surface area (Å²) >= 11 is 3.14. The molecule has 7 heteroatoms. The van der Waals surface area contributed by atoms with Gasteiger partial charge in [-0.15, -0.1) is 6.58 Å². The van der Waals surface area contributed by atoms with Crippen molar-refractivity contribution < 1.29 is 18.3 Å². The van der Waals surface area contributed by atoms with E-state index < -0.39 is 17.8 Å². The average Bonchev–Trinajstić information content (AvgIpc) is 2.51. The third kappa shape index (κ3) is 4.28. The van der Waals surface area contributed by atoms with Gasteiger partial charge in [0.05, 0.1) is 10.0 Å². The molecule has 0 radical (unpaired) electrons. The highest BCUT2D eigenvalue weighted by molar-refractivity contribution is 9.10. The number of benzene rings is 1. The zero-order chi connectivity index (χ0) is 17.0. The van der Waals surface area contributed by atoms with Gasteiger partial charge in [0, 0.05) is 37.8 Å². The average molecular weight is 393 g/mol. The van der Waals surface area contributed by atoms with Gasteiger partial charge in [0.25, 0.3) is 0 Å². The van der Waals surface area contributed by atoms with Gasteiger partial charge in [-0.25, -0.2) is 0 Å². The van der Waals surface area contributed by atoms with Gasteiger partial charge >= 0.3 is 6.18 Å². The SMILES string of the molecule is C=CCC[C@@H](c1c(C(F)(F)F)ccc(Br)c1O)N1CCNCC1. The standard InChI is InChI=1S/C16H20BrF3N2O/c1-2-3-4-13(22-9-7-21-8-10-22)14-11(16(18,19)20)5-6-12(17)15(14)23/h2,5-6,13,21,23H,1,3-4,7-10H2/t13-/m0/s1. The van der Waals surface area contributed by atoms with Crippen molar-refractivity contribution >= 4 is 15.9 Å². The van der Waals surface area contributed by atoms with E-state index in [0.717, 1.165) is 19.2 Å². The van der Waals surface area contributed by atoms with E-state index >= 15 is 0 Å². The van der Waals surface area contributed by atoms with Crippen molar-refractivity contribution in [3.63, 3.8) is 0 Å². The molecule has 0 saturated carbocycles. The van der Waals surface area contributed by atoms with Gasteiger partial charge in [-0.1, -0.05) is 6.08 Å². The number of aromatic hydroxyl groups is 1. The van der Waals surface area contributed by atoms with E-state index in [1.807, 2.05) is 4.90 Å². The lowest BCUT2D eigenvalue weighted by Gasteiger charge is -2.36. The van der Waals surface area contributed by atoms with Crippen molar-refractivity contribution in [1.82, 2.24) is 10.2 Å². The number of halogens is 4. The number of phenolic OH excluding ortho intramolecular Hbond substituents is 1. The number of piperazine rings is 1. The largest absolute Gasteiger partial charge is 0.506 e. The third-order valence-electron chi connectivity index (χ3n) is 4.04. The molecule has 1 aliphatic heterocycles. The summed E-state index contributed by atoms with van der Waals surface area (Å²) in [4.78, 5) is 2.00. The Balaban J connectivity index is 2.51. The van der Waals surface area contributed by atoms with Crippen molar-refractivity contribution in [3.8, 4) is 5.75 Å². The summed E-state index contributed by atoms with van der Waals surface area (Å²) in [6.07, 6.45) is -1.75. The molecule has 1 saturated heterocycles. The van der Waals surface area contributed by atoms with Crippen molar-refractivity contribution in [3.05, 3.63) is 40.4 Å². The summed E-state index contributed by atoms with van der Waals surface area (Å²) in [5.74, 6) is -0.326. The summed E-state index contributed by atoms with van der Waals surface area (Å²) in [5.41, 5.74) is -0.818.